The molecule has 0 radical (unpaired) electrons. The Morgan fingerprint density at radius 3 is 2.43 bits per heavy atom. The van der Waals surface area contributed by atoms with Gasteiger partial charge in [0, 0.05) is 11.4 Å². The van der Waals surface area contributed by atoms with E-state index in [0.29, 0.717) is 6.04 Å². The van der Waals surface area contributed by atoms with E-state index in [-0.39, 0.29) is 0 Å². The molecule has 0 aromatic carbocycles. The van der Waals surface area contributed by atoms with E-state index in [2.05, 4.69) is 29.5 Å². The molecule has 14 heavy (non-hydrogen) atoms. The van der Waals surface area contributed by atoms with Crippen LogP contribution in [0.25, 0.3) is 0 Å². The predicted molar refractivity (Wildman–Crippen MR) is 64.1 cm³/mol. The molecule has 80 valence electrons. The quantitative estimate of drug-likeness (QED) is 0.775. The van der Waals surface area contributed by atoms with Gasteiger partial charge in [-0.2, -0.15) is 0 Å². The minimum absolute atomic E-state index is 0.607. The summed E-state index contributed by atoms with van der Waals surface area (Å²) in [7, 11) is 0. The van der Waals surface area contributed by atoms with Gasteiger partial charge >= 0.3 is 0 Å². The van der Waals surface area contributed by atoms with Crippen LogP contribution in [0.1, 0.15) is 45.2 Å². The number of aryl methyl sites for hydroxylation is 1. The largest absolute Gasteiger partial charge is 0.359 e. The lowest BCUT2D eigenvalue weighted by molar-refractivity contribution is 0.586. The van der Waals surface area contributed by atoms with E-state index in [4.69, 9.17) is 0 Å². The van der Waals surface area contributed by atoms with Crippen molar-refractivity contribution in [3.05, 3.63) is 11.1 Å². The third kappa shape index (κ3) is 3.66. The van der Waals surface area contributed by atoms with Gasteiger partial charge in [-0.15, -0.1) is 11.3 Å². The average Bonchev–Trinajstić information content (AvgIpc) is 2.52. The lowest BCUT2D eigenvalue weighted by Gasteiger charge is -2.16. The van der Waals surface area contributed by atoms with Gasteiger partial charge in [0.1, 0.15) is 0 Å². The molecule has 0 fully saturated rings. The lowest BCUT2D eigenvalue weighted by atomic mass is 10.1. The monoisotopic (exact) mass is 212 g/mol. The van der Waals surface area contributed by atoms with Crippen LogP contribution in [0, 0.1) is 6.92 Å². The van der Waals surface area contributed by atoms with E-state index in [1.54, 1.807) is 11.3 Å². The molecule has 3 heteroatoms. The smallest absolute Gasteiger partial charge is 0.183 e. The number of aromatic nitrogens is 1. The van der Waals surface area contributed by atoms with Crippen molar-refractivity contribution in [2.24, 2.45) is 0 Å². The number of rotatable bonds is 6. The lowest BCUT2D eigenvalue weighted by Crippen LogP contribution is -2.18. The summed E-state index contributed by atoms with van der Waals surface area (Å²) in [6.45, 7) is 6.51. The van der Waals surface area contributed by atoms with Crippen molar-refractivity contribution in [1.29, 1.82) is 0 Å². The maximum atomic E-state index is 4.42. The Hall–Kier alpha value is -0.570. The van der Waals surface area contributed by atoms with Crippen LogP contribution in [0.5, 0.6) is 0 Å². The summed E-state index contributed by atoms with van der Waals surface area (Å²) in [5.74, 6) is 0. The highest BCUT2D eigenvalue weighted by Gasteiger charge is 2.07. The van der Waals surface area contributed by atoms with Gasteiger partial charge in [-0.25, -0.2) is 4.98 Å². The zero-order valence-corrected chi connectivity index (χ0v) is 10.2. The van der Waals surface area contributed by atoms with Crippen molar-refractivity contribution in [3.8, 4) is 0 Å². The first-order valence-corrected chi connectivity index (χ1v) is 6.32. The van der Waals surface area contributed by atoms with Crippen LogP contribution in [0.2, 0.25) is 0 Å². The van der Waals surface area contributed by atoms with E-state index < -0.39 is 0 Å². The topological polar surface area (TPSA) is 24.9 Å². The molecule has 0 spiro atoms. The molecule has 0 amide bonds. The fourth-order valence-electron chi connectivity index (χ4n) is 1.58. The van der Waals surface area contributed by atoms with E-state index in [1.807, 2.05) is 6.92 Å². The number of nitrogens with one attached hydrogen (secondary N) is 1. The van der Waals surface area contributed by atoms with Gasteiger partial charge in [0.05, 0.1) is 5.69 Å². The van der Waals surface area contributed by atoms with Gasteiger partial charge in [0.2, 0.25) is 0 Å². The SMILES string of the molecule is CCCC(CCC)Nc1nc(C)cs1. The molecule has 1 aromatic rings. The van der Waals surface area contributed by atoms with Crippen molar-refractivity contribution in [3.63, 3.8) is 0 Å². The normalized spacial score (nSPS) is 10.9. The summed E-state index contributed by atoms with van der Waals surface area (Å²) < 4.78 is 0. The van der Waals surface area contributed by atoms with Crippen molar-refractivity contribution in [2.45, 2.75) is 52.5 Å². The molecule has 0 unspecified atom stereocenters. The highest BCUT2D eigenvalue weighted by molar-refractivity contribution is 7.13. The van der Waals surface area contributed by atoms with Gasteiger partial charge in [-0.3, -0.25) is 0 Å². The minimum atomic E-state index is 0.607. The molecule has 0 bridgehead atoms. The molecular formula is C11H20N2S. The van der Waals surface area contributed by atoms with Crippen LogP contribution in [-0.4, -0.2) is 11.0 Å². The molecule has 0 aliphatic carbocycles. The second-order valence-corrected chi connectivity index (χ2v) is 4.57. The summed E-state index contributed by atoms with van der Waals surface area (Å²) in [6.07, 6.45) is 4.96. The molecule has 2 nitrogen and oxygen atoms in total. The predicted octanol–water partition coefficient (Wildman–Crippen LogP) is 3.83. The maximum absolute atomic E-state index is 4.42. The first kappa shape index (κ1) is 11.5. The third-order valence-corrected chi connectivity index (χ3v) is 3.11. The molecule has 0 atom stereocenters. The van der Waals surface area contributed by atoms with Crippen LogP contribution < -0.4 is 5.32 Å². The Morgan fingerprint density at radius 2 is 2.00 bits per heavy atom. The number of hydrogen-bond acceptors (Lipinski definition) is 3. The second kappa shape index (κ2) is 6.02. The summed E-state index contributed by atoms with van der Waals surface area (Å²) in [4.78, 5) is 4.42. The highest BCUT2D eigenvalue weighted by Crippen LogP contribution is 2.18. The van der Waals surface area contributed by atoms with Gasteiger partial charge in [-0.05, 0) is 19.8 Å². The second-order valence-electron chi connectivity index (χ2n) is 3.71. The Labute approximate surface area is 90.8 Å². The van der Waals surface area contributed by atoms with Crippen LogP contribution >= 0.6 is 11.3 Å². The summed E-state index contributed by atoms with van der Waals surface area (Å²) in [6, 6.07) is 0.607. The summed E-state index contributed by atoms with van der Waals surface area (Å²) >= 11 is 1.71. The Kier molecular flexibility index (Phi) is 4.94. The van der Waals surface area contributed by atoms with Gasteiger partial charge in [-0.1, -0.05) is 26.7 Å². The van der Waals surface area contributed by atoms with Gasteiger partial charge in [0.25, 0.3) is 0 Å². The van der Waals surface area contributed by atoms with Crippen LogP contribution in [0.3, 0.4) is 0 Å². The molecule has 0 saturated heterocycles. The molecule has 1 aromatic heterocycles. The van der Waals surface area contributed by atoms with Crippen LogP contribution in [-0.2, 0) is 0 Å². The number of hydrogen-bond donors (Lipinski definition) is 1. The van der Waals surface area contributed by atoms with E-state index >= 15 is 0 Å². The zero-order chi connectivity index (χ0) is 10.4. The van der Waals surface area contributed by atoms with E-state index in [0.717, 1.165) is 10.8 Å². The first-order valence-electron chi connectivity index (χ1n) is 5.45. The zero-order valence-electron chi connectivity index (χ0n) is 9.34. The van der Waals surface area contributed by atoms with Crippen molar-refractivity contribution in [1.82, 2.24) is 4.98 Å². The van der Waals surface area contributed by atoms with Crippen molar-refractivity contribution in [2.75, 3.05) is 5.32 Å². The average molecular weight is 212 g/mol. The van der Waals surface area contributed by atoms with Crippen LogP contribution in [0.15, 0.2) is 5.38 Å². The number of thiazole rings is 1. The fourth-order valence-corrected chi connectivity index (χ4v) is 2.35. The Balaban J connectivity index is 2.46. The Bertz CT molecular complexity index is 252. The number of nitrogens with zero attached hydrogens (tertiary/aromatic N) is 1. The highest BCUT2D eigenvalue weighted by atomic mass is 32.1. The summed E-state index contributed by atoms with van der Waals surface area (Å²) in [5.41, 5.74) is 1.12. The number of anilines is 1. The van der Waals surface area contributed by atoms with Crippen molar-refractivity contribution >= 4 is 16.5 Å². The van der Waals surface area contributed by atoms with Gasteiger partial charge < -0.3 is 5.32 Å². The minimum Gasteiger partial charge on any atom is -0.359 e. The van der Waals surface area contributed by atoms with Gasteiger partial charge in [0.15, 0.2) is 5.13 Å². The summed E-state index contributed by atoms with van der Waals surface area (Å²) in [5, 5.41) is 6.68. The molecule has 1 N–H and O–H groups in total. The first-order chi connectivity index (χ1) is 6.76. The van der Waals surface area contributed by atoms with E-state index in [1.165, 1.54) is 25.7 Å². The molecule has 0 aliphatic heterocycles. The standard InChI is InChI=1S/C11H20N2S/c1-4-6-10(7-5-2)13-11-12-9(3)8-14-11/h8,10H,4-7H2,1-3H3,(H,12,13). The molecule has 1 heterocycles. The molecule has 1 rings (SSSR count). The third-order valence-electron chi connectivity index (χ3n) is 2.22. The van der Waals surface area contributed by atoms with Crippen LogP contribution in [0.4, 0.5) is 5.13 Å². The van der Waals surface area contributed by atoms with Crippen molar-refractivity contribution < 1.29 is 0 Å². The molecule has 0 saturated carbocycles. The molecular weight excluding hydrogens is 192 g/mol. The maximum Gasteiger partial charge on any atom is 0.183 e. The molecule has 0 aliphatic rings. The van der Waals surface area contributed by atoms with E-state index in [9.17, 15) is 0 Å². The fraction of sp³-hybridized carbons (Fsp3) is 0.727. The Morgan fingerprint density at radius 1 is 1.36 bits per heavy atom.